The Kier molecular flexibility index (Phi) is 2.39. The molecule has 1 aromatic heterocycles. The van der Waals surface area contributed by atoms with Crippen molar-refractivity contribution >= 4 is 17.4 Å². The minimum Gasteiger partial charge on any atom is -0.368 e. The molecule has 2 rings (SSSR count). The Morgan fingerprint density at radius 1 is 1.79 bits per heavy atom. The zero-order chi connectivity index (χ0) is 9.97. The van der Waals surface area contributed by atoms with Crippen LogP contribution in [0.4, 0.5) is 11.5 Å². The van der Waals surface area contributed by atoms with Crippen LogP contribution in [0.2, 0.25) is 0 Å². The molecule has 0 atom stereocenters. The van der Waals surface area contributed by atoms with Gasteiger partial charge in [0, 0.05) is 19.5 Å². The number of nitrogens with one attached hydrogen (secondary N) is 2. The van der Waals surface area contributed by atoms with Crippen LogP contribution in [-0.4, -0.2) is 22.2 Å². The van der Waals surface area contributed by atoms with Crippen LogP contribution < -0.4 is 10.6 Å². The van der Waals surface area contributed by atoms with Gasteiger partial charge in [-0.1, -0.05) is 6.92 Å². The maximum Gasteiger partial charge on any atom is 0.224 e. The van der Waals surface area contributed by atoms with E-state index in [1.165, 1.54) is 0 Å². The number of carbonyl (C=O) groups excluding carboxylic acids is 1. The van der Waals surface area contributed by atoms with Gasteiger partial charge in [-0.3, -0.25) is 4.79 Å². The van der Waals surface area contributed by atoms with Gasteiger partial charge in [0.2, 0.25) is 5.91 Å². The Morgan fingerprint density at radius 2 is 2.64 bits per heavy atom. The minimum absolute atomic E-state index is 0.0215. The third-order valence-corrected chi connectivity index (χ3v) is 2.27. The van der Waals surface area contributed by atoms with Crippen molar-refractivity contribution in [2.24, 2.45) is 0 Å². The molecule has 0 aromatic carbocycles. The second-order valence-corrected chi connectivity index (χ2v) is 3.31. The molecule has 0 spiro atoms. The molecule has 5 nitrogen and oxygen atoms in total. The van der Waals surface area contributed by atoms with E-state index in [-0.39, 0.29) is 5.91 Å². The van der Waals surface area contributed by atoms with E-state index in [2.05, 4.69) is 15.7 Å². The van der Waals surface area contributed by atoms with Crippen molar-refractivity contribution in [1.82, 2.24) is 9.78 Å². The smallest absolute Gasteiger partial charge is 0.224 e. The van der Waals surface area contributed by atoms with Crippen LogP contribution in [0.15, 0.2) is 6.20 Å². The Balaban J connectivity index is 2.18. The van der Waals surface area contributed by atoms with Crippen LogP contribution >= 0.6 is 0 Å². The van der Waals surface area contributed by atoms with E-state index in [4.69, 9.17) is 0 Å². The van der Waals surface area contributed by atoms with E-state index in [0.717, 1.165) is 31.0 Å². The highest BCUT2D eigenvalue weighted by Crippen LogP contribution is 2.23. The van der Waals surface area contributed by atoms with Crippen molar-refractivity contribution in [2.45, 2.75) is 26.3 Å². The van der Waals surface area contributed by atoms with E-state index >= 15 is 0 Å². The number of aryl methyl sites for hydroxylation is 1. The molecule has 0 saturated carbocycles. The normalized spacial score (nSPS) is 14.4. The summed E-state index contributed by atoms with van der Waals surface area (Å²) in [5.74, 6) is 0.950. The van der Waals surface area contributed by atoms with Crippen molar-refractivity contribution in [2.75, 3.05) is 17.2 Å². The molecule has 0 aliphatic carbocycles. The Labute approximate surface area is 82.5 Å². The number of hydrogen-bond donors (Lipinski definition) is 2. The summed E-state index contributed by atoms with van der Waals surface area (Å²) in [4.78, 5) is 11.2. The second kappa shape index (κ2) is 3.69. The van der Waals surface area contributed by atoms with Crippen LogP contribution in [0, 0.1) is 0 Å². The van der Waals surface area contributed by atoms with E-state index in [0.29, 0.717) is 6.42 Å². The second-order valence-electron chi connectivity index (χ2n) is 3.31. The Morgan fingerprint density at radius 3 is 3.43 bits per heavy atom. The summed E-state index contributed by atoms with van der Waals surface area (Å²) >= 11 is 0. The first-order valence-corrected chi connectivity index (χ1v) is 4.91. The molecule has 76 valence electrons. The predicted molar refractivity (Wildman–Crippen MR) is 54.3 cm³/mol. The lowest BCUT2D eigenvalue weighted by molar-refractivity contribution is -0.115. The van der Waals surface area contributed by atoms with Crippen molar-refractivity contribution in [3.8, 4) is 0 Å². The lowest BCUT2D eigenvalue weighted by atomic mass is 10.3. The largest absolute Gasteiger partial charge is 0.368 e. The van der Waals surface area contributed by atoms with Gasteiger partial charge in [0.25, 0.3) is 0 Å². The zero-order valence-corrected chi connectivity index (χ0v) is 8.21. The molecule has 5 heteroatoms. The van der Waals surface area contributed by atoms with Gasteiger partial charge in [-0.2, -0.15) is 5.10 Å². The molecular formula is C9H14N4O. The number of anilines is 2. The third-order valence-electron chi connectivity index (χ3n) is 2.27. The lowest BCUT2D eigenvalue weighted by Crippen LogP contribution is -2.19. The minimum atomic E-state index is 0.0215. The first-order valence-electron chi connectivity index (χ1n) is 4.91. The van der Waals surface area contributed by atoms with Crippen LogP contribution in [-0.2, 0) is 11.3 Å². The molecule has 1 aromatic rings. The average molecular weight is 194 g/mol. The molecule has 0 unspecified atom stereocenters. The molecule has 0 radical (unpaired) electrons. The molecule has 0 fully saturated rings. The zero-order valence-electron chi connectivity index (χ0n) is 8.21. The number of aromatic nitrogens is 2. The molecular weight excluding hydrogens is 180 g/mol. The Hall–Kier alpha value is -1.52. The third kappa shape index (κ3) is 1.57. The molecule has 1 aliphatic heterocycles. The van der Waals surface area contributed by atoms with Crippen LogP contribution in [0.3, 0.4) is 0 Å². The summed E-state index contributed by atoms with van der Waals surface area (Å²) < 4.78 is 1.88. The quantitative estimate of drug-likeness (QED) is 0.739. The van der Waals surface area contributed by atoms with Crippen molar-refractivity contribution in [3.05, 3.63) is 6.20 Å². The highest BCUT2D eigenvalue weighted by atomic mass is 16.1. The topological polar surface area (TPSA) is 59.0 Å². The molecule has 1 aliphatic rings. The molecule has 2 N–H and O–H groups in total. The van der Waals surface area contributed by atoms with Gasteiger partial charge in [0.1, 0.15) is 11.5 Å². The fourth-order valence-corrected chi connectivity index (χ4v) is 1.51. The summed E-state index contributed by atoms with van der Waals surface area (Å²) in [6.45, 7) is 3.70. The number of fused-ring (bicyclic) bond motifs is 1. The molecule has 14 heavy (non-hydrogen) atoms. The van der Waals surface area contributed by atoms with Gasteiger partial charge >= 0.3 is 0 Å². The fraction of sp³-hybridized carbons (Fsp3) is 0.556. The lowest BCUT2D eigenvalue weighted by Gasteiger charge is -2.16. The summed E-state index contributed by atoms with van der Waals surface area (Å²) in [6, 6.07) is 0. The van der Waals surface area contributed by atoms with Crippen molar-refractivity contribution < 1.29 is 4.79 Å². The summed E-state index contributed by atoms with van der Waals surface area (Å²) in [7, 11) is 0. The van der Waals surface area contributed by atoms with Gasteiger partial charge in [-0.05, 0) is 6.42 Å². The van der Waals surface area contributed by atoms with Crippen LogP contribution in [0.5, 0.6) is 0 Å². The van der Waals surface area contributed by atoms with Crippen molar-refractivity contribution in [3.63, 3.8) is 0 Å². The van der Waals surface area contributed by atoms with Crippen LogP contribution in [0.1, 0.15) is 19.8 Å². The van der Waals surface area contributed by atoms with Gasteiger partial charge in [0.15, 0.2) is 0 Å². The highest BCUT2D eigenvalue weighted by Gasteiger charge is 2.14. The van der Waals surface area contributed by atoms with E-state index < -0.39 is 0 Å². The molecule has 0 bridgehead atoms. The maximum atomic E-state index is 11.2. The maximum absolute atomic E-state index is 11.2. The number of hydrogen-bond acceptors (Lipinski definition) is 3. The van der Waals surface area contributed by atoms with Crippen molar-refractivity contribution in [1.29, 1.82) is 0 Å². The monoisotopic (exact) mass is 194 g/mol. The molecule has 0 saturated heterocycles. The summed E-state index contributed by atoms with van der Waals surface area (Å²) in [5.41, 5.74) is 0.788. The standard InChI is InChI=1S/C9H14N4O/c1-2-8(14)12-7-6-11-13-5-3-4-10-9(7)13/h6,10H,2-5H2,1H3,(H,12,14). The van der Waals surface area contributed by atoms with Crippen LogP contribution in [0.25, 0.3) is 0 Å². The summed E-state index contributed by atoms with van der Waals surface area (Å²) in [6.07, 6.45) is 3.27. The number of nitrogens with zero attached hydrogens (tertiary/aromatic N) is 2. The SMILES string of the molecule is CCC(=O)Nc1cnn2c1NCCC2. The van der Waals surface area contributed by atoms with Gasteiger partial charge in [-0.15, -0.1) is 0 Å². The number of amides is 1. The average Bonchev–Trinajstić information content (AvgIpc) is 2.62. The van der Waals surface area contributed by atoms with Gasteiger partial charge in [-0.25, -0.2) is 4.68 Å². The van der Waals surface area contributed by atoms with E-state index in [1.807, 2.05) is 11.6 Å². The fourth-order valence-electron chi connectivity index (χ4n) is 1.51. The van der Waals surface area contributed by atoms with E-state index in [1.54, 1.807) is 6.20 Å². The first-order chi connectivity index (χ1) is 6.81. The molecule has 2 heterocycles. The van der Waals surface area contributed by atoms with Gasteiger partial charge < -0.3 is 10.6 Å². The molecule has 1 amide bonds. The van der Waals surface area contributed by atoms with Gasteiger partial charge in [0.05, 0.1) is 6.20 Å². The number of carbonyl (C=O) groups is 1. The van der Waals surface area contributed by atoms with E-state index in [9.17, 15) is 4.79 Å². The first kappa shape index (κ1) is 9.05. The highest BCUT2D eigenvalue weighted by molar-refractivity contribution is 5.93. The summed E-state index contributed by atoms with van der Waals surface area (Å²) in [5, 5.41) is 10.2. The Bertz CT molecular complexity index is 345. The number of rotatable bonds is 2. The predicted octanol–water partition coefficient (Wildman–Crippen LogP) is 1.05.